The zero-order valence-electron chi connectivity index (χ0n) is 14.6. The van der Waals surface area contributed by atoms with E-state index in [1.165, 1.54) is 24.2 Å². The third-order valence-electron chi connectivity index (χ3n) is 3.90. The number of methoxy groups -OCH3 is 1. The van der Waals surface area contributed by atoms with Gasteiger partial charge in [-0.3, -0.25) is 4.79 Å². The Labute approximate surface area is 167 Å². The highest BCUT2D eigenvalue weighted by molar-refractivity contribution is 8.19. The summed E-state index contributed by atoms with van der Waals surface area (Å²) in [7, 11) is 1.54. The summed E-state index contributed by atoms with van der Waals surface area (Å²) in [6, 6.07) is 11.4. The summed E-state index contributed by atoms with van der Waals surface area (Å²) in [6.45, 7) is 1.80. The molecule has 1 aliphatic rings. The summed E-state index contributed by atoms with van der Waals surface area (Å²) in [5, 5.41) is 3.39. The summed E-state index contributed by atoms with van der Waals surface area (Å²) in [4.78, 5) is 12.2. The zero-order valence-corrected chi connectivity index (χ0v) is 17.0. The molecule has 0 unspecified atom stereocenters. The van der Waals surface area contributed by atoms with Crippen LogP contribution in [0.15, 0.2) is 36.4 Å². The summed E-state index contributed by atoms with van der Waals surface area (Å²) >= 11 is 10.0. The van der Waals surface area contributed by atoms with Crippen molar-refractivity contribution in [2.45, 2.75) is 11.5 Å². The molecule has 2 aromatic carbocycles. The van der Waals surface area contributed by atoms with Crippen molar-refractivity contribution in [3.05, 3.63) is 52.5 Å². The van der Waals surface area contributed by atoms with Crippen LogP contribution in [0.25, 0.3) is 0 Å². The second kappa shape index (κ2) is 8.93. The predicted octanol–water partition coefficient (Wildman–Crippen LogP) is 5.15. The number of nitrogens with one attached hydrogen (secondary N) is 1. The highest BCUT2D eigenvalue weighted by Crippen LogP contribution is 2.45. The van der Waals surface area contributed by atoms with Gasteiger partial charge < -0.3 is 14.8 Å². The monoisotopic (exact) mass is 409 g/mol. The third kappa shape index (κ3) is 4.81. The van der Waals surface area contributed by atoms with E-state index >= 15 is 0 Å². The van der Waals surface area contributed by atoms with Crippen LogP contribution in [0, 0.1) is 6.92 Å². The normalized spacial score (nSPS) is 14.3. The van der Waals surface area contributed by atoms with Gasteiger partial charge in [0.2, 0.25) is 0 Å². The van der Waals surface area contributed by atoms with Crippen LogP contribution >= 0.6 is 35.1 Å². The van der Waals surface area contributed by atoms with Gasteiger partial charge in [-0.25, -0.2) is 0 Å². The lowest BCUT2D eigenvalue weighted by molar-refractivity contribution is -0.118. The van der Waals surface area contributed by atoms with E-state index in [1.54, 1.807) is 12.1 Å². The molecular formula is C19H20ClNO3S2. The molecule has 0 atom stereocenters. The second-order valence-electron chi connectivity index (χ2n) is 5.78. The average Bonchev–Trinajstić information content (AvgIpc) is 3.18. The Morgan fingerprint density at radius 2 is 1.92 bits per heavy atom. The summed E-state index contributed by atoms with van der Waals surface area (Å²) in [5.74, 6) is 3.33. The van der Waals surface area contributed by atoms with Crippen molar-refractivity contribution in [2.75, 3.05) is 30.5 Å². The van der Waals surface area contributed by atoms with Gasteiger partial charge in [0.25, 0.3) is 5.91 Å². The second-order valence-corrected chi connectivity index (χ2v) is 8.91. The fourth-order valence-corrected chi connectivity index (χ4v) is 5.55. The molecule has 0 aromatic heterocycles. The van der Waals surface area contributed by atoms with Gasteiger partial charge in [0.1, 0.15) is 11.5 Å². The van der Waals surface area contributed by atoms with E-state index in [-0.39, 0.29) is 12.5 Å². The number of anilines is 1. The van der Waals surface area contributed by atoms with Crippen molar-refractivity contribution in [3.8, 4) is 11.5 Å². The van der Waals surface area contributed by atoms with Crippen molar-refractivity contribution >= 4 is 46.7 Å². The number of benzene rings is 2. The first-order chi connectivity index (χ1) is 12.6. The first-order valence-electron chi connectivity index (χ1n) is 8.17. The van der Waals surface area contributed by atoms with Gasteiger partial charge in [-0.05, 0) is 36.2 Å². The lowest BCUT2D eigenvalue weighted by Gasteiger charge is -2.13. The lowest BCUT2D eigenvalue weighted by Crippen LogP contribution is -2.20. The predicted molar refractivity (Wildman–Crippen MR) is 111 cm³/mol. The van der Waals surface area contributed by atoms with E-state index < -0.39 is 0 Å². The average molecular weight is 410 g/mol. The van der Waals surface area contributed by atoms with E-state index in [2.05, 4.69) is 17.4 Å². The molecule has 0 spiro atoms. The number of amides is 1. The highest BCUT2D eigenvalue weighted by atomic mass is 35.5. The Kier molecular flexibility index (Phi) is 6.62. The van der Waals surface area contributed by atoms with Gasteiger partial charge in [-0.15, -0.1) is 23.5 Å². The number of rotatable bonds is 6. The van der Waals surface area contributed by atoms with Crippen LogP contribution in [0.1, 0.15) is 15.7 Å². The lowest BCUT2D eigenvalue weighted by atomic mass is 10.2. The molecule has 1 fully saturated rings. The van der Waals surface area contributed by atoms with Crippen LogP contribution in [0.4, 0.5) is 5.69 Å². The number of ether oxygens (including phenoxy) is 2. The fourth-order valence-electron chi connectivity index (χ4n) is 2.54. The number of thioether (sulfide) groups is 2. The van der Waals surface area contributed by atoms with Gasteiger partial charge in [0.05, 0.1) is 17.4 Å². The van der Waals surface area contributed by atoms with Crippen LogP contribution in [0.3, 0.4) is 0 Å². The van der Waals surface area contributed by atoms with Crippen LogP contribution < -0.4 is 14.8 Å². The topological polar surface area (TPSA) is 47.6 Å². The van der Waals surface area contributed by atoms with E-state index in [0.717, 1.165) is 5.56 Å². The minimum Gasteiger partial charge on any atom is -0.495 e. The maximum atomic E-state index is 12.2. The smallest absolute Gasteiger partial charge is 0.262 e. The molecule has 0 saturated carbocycles. The molecular weight excluding hydrogens is 390 g/mol. The molecule has 138 valence electrons. The minimum atomic E-state index is -0.254. The van der Waals surface area contributed by atoms with Crippen LogP contribution in [-0.4, -0.2) is 31.1 Å². The molecule has 1 N–H and O–H groups in total. The number of halogens is 1. The molecule has 1 saturated heterocycles. The minimum absolute atomic E-state index is 0.0723. The molecule has 26 heavy (non-hydrogen) atoms. The third-order valence-corrected chi connectivity index (χ3v) is 7.41. The quantitative estimate of drug-likeness (QED) is 0.714. The SMILES string of the molecule is COc1cc(Cl)c(C)cc1NC(=O)COc1ccc(C2SCCS2)cc1. The molecule has 3 rings (SSSR count). The van der Waals surface area contributed by atoms with E-state index in [1.807, 2.05) is 42.6 Å². The van der Waals surface area contributed by atoms with E-state index in [4.69, 9.17) is 21.1 Å². The molecule has 0 radical (unpaired) electrons. The summed E-state index contributed by atoms with van der Waals surface area (Å²) in [6.07, 6.45) is 0. The van der Waals surface area contributed by atoms with E-state index in [9.17, 15) is 4.79 Å². The Balaban J connectivity index is 1.56. The number of hydrogen-bond donors (Lipinski definition) is 1. The Morgan fingerprint density at radius 3 is 2.58 bits per heavy atom. The molecule has 1 amide bonds. The van der Waals surface area contributed by atoms with Crippen LogP contribution in [0.5, 0.6) is 11.5 Å². The maximum Gasteiger partial charge on any atom is 0.262 e. The van der Waals surface area contributed by atoms with Crippen LogP contribution in [0.2, 0.25) is 5.02 Å². The number of aryl methyl sites for hydroxylation is 1. The van der Waals surface area contributed by atoms with Gasteiger partial charge >= 0.3 is 0 Å². The Morgan fingerprint density at radius 1 is 1.23 bits per heavy atom. The molecule has 2 aromatic rings. The Bertz CT molecular complexity index is 777. The fraction of sp³-hybridized carbons (Fsp3) is 0.316. The Hall–Kier alpha value is -1.50. The molecule has 1 aliphatic heterocycles. The van der Waals surface area contributed by atoms with Crippen molar-refractivity contribution in [3.63, 3.8) is 0 Å². The number of carbonyl (C=O) groups is 1. The van der Waals surface area contributed by atoms with Crippen molar-refractivity contribution in [2.24, 2.45) is 0 Å². The molecule has 1 heterocycles. The summed E-state index contributed by atoms with van der Waals surface area (Å²) in [5.41, 5.74) is 2.73. The van der Waals surface area contributed by atoms with Crippen molar-refractivity contribution < 1.29 is 14.3 Å². The first-order valence-corrected chi connectivity index (χ1v) is 10.6. The molecule has 4 nitrogen and oxygen atoms in total. The molecule has 0 aliphatic carbocycles. The first kappa shape index (κ1) is 19.3. The molecule has 0 bridgehead atoms. The van der Waals surface area contributed by atoms with Gasteiger partial charge in [-0.2, -0.15) is 0 Å². The number of hydrogen-bond acceptors (Lipinski definition) is 5. The number of carbonyl (C=O) groups excluding carboxylic acids is 1. The van der Waals surface area contributed by atoms with Gasteiger partial charge in [0, 0.05) is 22.6 Å². The molecule has 7 heteroatoms. The zero-order chi connectivity index (χ0) is 18.5. The van der Waals surface area contributed by atoms with Crippen molar-refractivity contribution in [1.82, 2.24) is 0 Å². The highest BCUT2D eigenvalue weighted by Gasteiger charge is 2.18. The summed E-state index contributed by atoms with van der Waals surface area (Å²) < 4.78 is 11.4. The van der Waals surface area contributed by atoms with Gasteiger partial charge in [-0.1, -0.05) is 23.7 Å². The van der Waals surface area contributed by atoms with E-state index in [0.29, 0.717) is 26.8 Å². The van der Waals surface area contributed by atoms with Gasteiger partial charge in [0.15, 0.2) is 6.61 Å². The standard InChI is InChI=1S/C19H20ClNO3S2/c1-12-9-16(17(23-2)10-15(12)20)21-18(22)11-24-14-5-3-13(4-6-14)19-25-7-8-26-19/h3-6,9-10,19H,7-8,11H2,1-2H3,(H,21,22). The van der Waals surface area contributed by atoms with Crippen molar-refractivity contribution in [1.29, 1.82) is 0 Å². The largest absolute Gasteiger partial charge is 0.495 e. The maximum absolute atomic E-state index is 12.2. The van der Waals surface area contributed by atoms with Crippen LogP contribution in [-0.2, 0) is 4.79 Å².